The lowest BCUT2D eigenvalue weighted by Crippen LogP contribution is -2.18. The van der Waals surface area contributed by atoms with Gasteiger partial charge in [-0.15, -0.1) is 23.2 Å². The van der Waals surface area contributed by atoms with Gasteiger partial charge in [0.05, 0.1) is 22.2 Å². The molecule has 0 spiro atoms. The van der Waals surface area contributed by atoms with Crippen LogP contribution in [0.25, 0.3) is 0 Å². The van der Waals surface area contributed by atoms with Crippen molar-refractivity contribution in [3.8, 4) is 0 Å². The van der Waals surface area contributed by atoms with E-state index in [0.717, 1.165) is 18.2 Å². The van der Waals surface area contributed by atoms with Crippen molar-refractivity contribution >= 4 is 58.0 Å². The number of halogens is 10. The van der Waals surface area contributed by atoms with Crippen molar-refractivity contribution < 1.29 is 40.3 Å². The summed E-state index contributed by atoms with van der Waals surface area (Å²) in [5.74, 6) is -18.6. The molecular weight excluding hydrogens is 576 g/mol. The van der Waals surface area contributed by atoms with Gasteiger partial charge in [0, 0.05) is 23.2 Å². The number of amides is 2. The number of hydrogen-bond donors (Lipinski definition) is 2. The molecule has 1 aliphatic carbocycles. The Morgan fingerprint density at radius 2 is 1.38 bits per heavy atom. The summed E-state index contributed by atoms with van der Waals surface area (Å²) in [5.41, 5.74) is -2.08. The fourth-order valence-electron chi connectivity index (χ4n) is 3.68. The van der Waals surface area contributed by atoms with E-state index in [1.54, 1.807) is 0 Å². The number of benzene rings is 3. The molecule has 1 fully saturated rings. The van der Waals surface area contributed by atoms with Gasteiger partial charge in [-0.3, -0.25) is 9.59 Å². The summed E-state index contributed by atoms with van der Waals surface area (Å²) in [7, 11) is 0. The molecule has 2 N–H and O–H groups in total. The molecule has 2 amide bonds. The molecule has 0 saturated heterocycles. The highest BCUT2D eigenvalue weighted by molar-refractivity contribution is 6.53. The molecule has 0 unspecified atom stereocenters. The second kappa shape index (κ2) is 9.70. The second-order valence-corrected chi connectivity index (χ2v) is 9.73. The normalized spacial score (nSPS) is 17.9. The lowest BCUT2D eigenvalue weighted by Gasteiger charge is -2.11. The van der Waals surface area contributed by atoms with Crippen LogP contribution >= 0.6 is 34.8 Å². The first-order valence-corrected chi connectivity index (χ1v) is 11.1. The number of carbonyl (C=O) groups excluding carboxylic acids is 2. The molecule has 1 aliphatic rings. The van der Waals surface area contributed by atoms with Gasteiger partial charge in [-0.2, -0.15) is 0 Å². The van der Waals surface area contributed by atoms with E-state index in [1.165, 1.54) is 12.1 Å². The van der Waals surface area contributed by atoms with Crippen LogP contribution < -0.4 is 10.6 Å². The first-order chi connectivity index (χ1) is 17.2. The number of alkyl halides is 2. The molecule has 0 aliphatic heterocycles. The van der Waals surface area contributed by atoms with Gasteiger partial charge in [0.1, 0.15) is 16.0 Å². The minimum absolute atomic E-state index is 0.105. The van der Waals surface area contributed by atoms with Crippen molar-refractivity contribution in [3.05, 3.63) is 93.3 Å². The lowest BCUT2D eigenvalue weighted by atomic mass is 10.1. The van der Waals surface area contributed by atoms with Gasteiger partial charge in [-0.25, -0.2) is 30.7 Å². The predicted molar refractivity (Wildman–Crippen MR) is 121 cm³/mol. The number of rotatable bonds is 5. The smallest absolute Gasteiger partial charge is 0.257 e. The third-order valence-corrected chi connectivity index (χ3v) is 6.82. The summed E-state index contributed by atoms with van der Waals surface area (Å²) in [4.78, 5) is 25.3. The highest BCUT2D eigenvalue weighted by atomic mass is 35.5. The molecule has 194 valence electrons. The van der Waals surface area contributed by atoms with E-state index in [4.69, 9.17) is 34.8 Å². The van der Waals surface area contributed by atoms with Crippen LogP contribution in [0.3, 0.4) is 0 Å². The Hall–Kier alpha value is -3.02. The van der Waals surface area contributed by atoms with Crippen LogP contribution in [0.15, 0.2) is 36.4 Å². The summed E-state index contributed by atoms with van der Waals surface area (Å²) in [6.45, 7) is 0. The molecule has 0 radical (unpaired) electrons. The highest BCUT2D eigenvalue weighted by Crippen LogP contribution is 2.66. The van der Waals surface area contributed by atoms with Crippen LogP contribution in [0.2, 0.25) is 5.02 Å². The molecular formula is C23H10Cl3F7N2O2. The molecule has 4 nitrogen and oxygen atoms in total. The zero-order chi connectivity index (χ0) is 27.4. The van der Waals surface area contributed by atoms with Gasteiger partial charge in [0.2, 0.25) is 11.7 Å². The Bertz CT molecular complexity index is 1440. The van der Waals surface area contributed by atoms with Crippen LogP contribution in [-0.4, -0.2) is 16.1 Å². The molecule has 0 heterocycles. The van der Waals surface area contributed by atoms with Crippen LogP contribution in [0.1, 0.15) is 21.8 Å². The van der Waals surface area contributed by atoms with E-state index in [-0.39, 0.29) is 22.0 Å². The minimum atomic E-state index is -2.39. The average Bonchev–Trinajstić information content (AvgIpc) is 3.40. The molecule has 0 bridgehead atoms. The molecule has 37 heavy (non-hydrogen) atoms. The van der Waals surface area contributed by atoms with Crippen molar-refractivity contribution in [2.24, 2.45) is 5.92 Å². The molecule has 3 aromatic rings. The molecule has 2 atom stereocenters. The number of anilines is 2. The van der Waals surface area contributed by atoms with Crippen LogP contribution in [0.4, 0.5) is 42.1 Å². The van der Waals surface area contributed by atoms with Crippen molar-refractivity contribution in [2.75, 3.05) is 10.6 Å². The van der Waals surface area contributed by atoms with Gasteiger partial charge < -0.3 is 10.6 Å². The number of hydrogen-bond acceptors (Lipinski definition) is 2. The zero-order valence-corrected chi connectivity index (χ0v) is 20.0. The van der Waals surface area contributed by atoms with E-state index in [1.807, 2.05) is 0 Å². The molecule has 1 saturated carbocycles. The van der Waals surface area contributed by atoms with Crippen molar-refractivity contribution in [3.63, 3.8) is 0 Å². The molecule has 4 rings (SSSR count). The molecule has 3 aromatic carbocycles. The Labute approximate surface area is 218 Å². The van der Waals surface area contributed by atoms with Gasteiger partial charge in [0.25, 0.3) is 5.91 Å². The average molecular weight is 586 g/mol. The van der Waals surface area contributed by atoms with E-state index >= 15 is 0 Å². The fourth-order valence-corrected chi connectivity index (χ4v) is 4.68. The third-order valence-electron chi connectivity index (χ3n) is 5.55. The first-order valence-electron chi connectivity index (χ1n) is 10.0. The standard InChI is InChI=1S/C23H10Cl3F7N2O2/c24-10-3-2-8(6-9(10)21(36)35-12-4-1-7(27)5-11(12)28)34-22(37)15-14(23(15,25)26)13-16(29)18(31)20(33)19(32)17(13)30/h1-6,14-15H,(H,34,37)(H,35,36)/t14-,15+/m0/s1. The van der Waals surface area contributed by atoms with Gasteiger partial charge in [0.15, 0.2) is 23.3 Å². The van der Waals surface area contributed by atoms with E-state index in [0.29, 0.717) is 6.07 Å². The quantitative estimate of drug-likeness (QED) is 0.145. The van der Waals surface area contributed by atoms with Gasteiger partial charge >= 0.3 is 0 Å². The van der Waals surface area contributed by atoms with Crippen LogP contribution in [0.5, 0.6) is 0 Å². The molecule has 14 heteroatoms. The van der Waals surface area contributed by atoms with Gasteiger partial charge in [-0.05, 0) is 30.3 Å². The first kappa shape index (κ1) is 27.0. The SMILES string of the molecule is O=C(Nc1ccc(F)cc1F)c1cc(NC(=O)[C@H]2[C@H](c3c(F)c(F)c(F)c(F)c3F)C2(Cl)Cl)ccc1Cl. The van der Waals surface area contributed by atoms with Gasteiger partial charge in [-0.1, -0.05) is 11.6 Å². The summed E-state index contributed by atoms with van der Waals surface area (Å²) in [6.07, 6.45) is 0. The minimum Gasteiger partial charge on any atom is -0.326 e. The summed E-state index contributed by atoms with van der Waals surface area (Å²) < 4.78 is 93.8. The summed E-state index contributed by atoms with van der Waals surface area (Å²) in [6, 6.07) is 5.85. The number of carbonyl (C=O) groups is 2. The van der Waals surface area contributed by atoms with Crippen molar-refractivity contribution in [2.45, 2.75) is 10.3 Å². The Balaban J connectivity index is 1.57. The zero-order valence-electron chi connectivity index (χ0n) is 17.7. The highest BCUT2D eigenvalue weighted by Gasteiger charge is 2.69. The maximum Gasteiger partial charge on any atom is 0.257 e. The lowest BCUT2D eigenvalue weighted by molar-refractivity contribution is -0.117. The van der Waals surface area contributed by atoms with Crippen LogP contribution in [-0.2, 0) is 4.79 Å². The topological polar surface area (TPSA) is 58.2 Å². The largest absolute Gasteiger partial charge is 0.326 e. The monoisotopic (exact) mass is 584 g/mol. The maximum absolute atomic E-state index is 14.2. The van der Waals surface area contributed by atoms with E-state index < -0.39 is 74.3 Å². The van der Waals surface area contributed by atoms with E-state index in [9.17, 15) is 40.3 Å². The van der Waals surface area contributed by atoms with Crippen LogP contribution in [0, 0.1) is 46.6 Å². The Morgan fingerprint density at radius 1 is 0.784 bits per heavy atom. The predicted octanol–water partition coefficient (Wildman–Crippen LogP) is 7.09. The van der Waals surface area contributed by atoms with Crippen molar-refractivity contribution in [1.29, 1.82) is 0 Å². The third kappa shape index (κ3) is 4.83. The summed E-state index contributed by atoms with van der Waals surface area (Å²) in [5, 5.41) is 4.31. The fraction of sp³-hybridized carbons (Fsp3) is 0.130. The Morgan fingerprint density at radius 3 is 1.97 bits per heavy atom. The number of nitrogens with one attached hydrogen (secondary N) is 2. The molecule has 0 aromatic heterocycles. The van der Waals surface area contributed by atoms with E-state index in [2.05, 4.69) is 10.6 Å². The Kier molecular flexibility index (Phi) is 7.08. The second-order valence-electron chi connectivity index (χ2n) is 7.88. The summed E-state index contributed by atoms with van der Waals surface area (Å²) >= 11 is 17.9. The maximum atomic E-state index is 14.2. The van der Waals surface area contributed by atoms with Crippen molar-refractivity contribution in [1.82, 2.24) is 0 Å².